The van der Waals surface area contributed by atoms with E-state index in [1.54, 1.807) is 18.5 Å². The van der Waals surface area contributed by atoms with Gasteiger partial charge < -0.3 is 19.5 Å². The van der Waals surface area contributed by atoms with Gasteiger partial charge in [0.2, 0.25) is 5.91 Å². The van der Waals surface area contributed by atoms with Gasteiger partial charge in [0.05, 0.1) is 18.5 Å². The van der Waals surface area contributed by atoms with Gasteiger partial charge in [-0.15, -0.1) is 0 Å². The highest BCUT2D eigenvalue weighted by atomic mass is 16.5. The van der Waals surface area contributed by atoms with Crippen molar-refractivity contribution in [3.05, 3.63) is 84.2 Å². The number of nitrogens with zero attached hydrogens (tertiary/aromatic N) is 1. The van der Waals surface area contributed by atoms with Crippen LogP contribution in [-0.2, 0) is 4.79 Å². The second kappa shape index (κ2) is 11.4. The minimum atomic E-state index is -0.229. The van der Waals surface area contributed by atoms with E-state index in [1.807, 2.05) is 68.4 Å². The molecule has 2 aromatic carbocycles. The van der Waals surface area contributed by atoms with E-state index in [-0.39, 0.29) is 5.91 Å². The number of ether oxygens (including phenoxy) is 3. The number of nitrogens with one attached hydrogen (secondary N) is 1. The first-order valence-corrected chi connectivity index (χ1v) is 10.1. The Morgan fingerprint density at radius 1 is 1.00 bits per heavy atom. The van der Waals surface area contributed by atoms with E-state index >= 15 is 0 Å². The van der Waals surface area contributed by atoms with Crippen LogP contribution >= 0.6 is 0 Å². The number of amides is 1. The molecular weight excluding hydrogens is 392 g/mol. The molecule has 0 unspecified atom stereocenters. The third-order valence-electron chi connectivity index (χ3n) is 4.34. The third kappa shape index (κ3) is 6.89. The molecule has 1 aromatic heterocycles. The molecular formula is C25H26N2O4. The van der Waals surface area contributed by atoms with E-state index in [4.69, 9.17) is 14.2 Å². The first kappa shape index (κ1) is 21.9. The van der Waals surface area contributed by atoms with Crippen LogP contribution in [0.25, 0.3) is 6.08 Å². The molecule has 31 heavy (non-hydrogen) atoms. The molecule has 6 nitrogen and oxygen atoms in total. The van der Waals surface area contributed by atoms with Crippen molar-refractivity contribution in [2.24, 2.45) is 0 Å². The first-order chi connectivity index (χ1) is 15.2. The van der Waals surface area contributed by atoms with Gasteiger partial charge in [-0.3, -0.25) is 9.78 Å². The lowest BCUT2D eigenvalue weighted by Gasteiger charge is -2.13. The molecule has 1 amide bonds. The van der Waals surface area contributed by atoms with Crippen molar-refractivity contribution < 1.29 is 19.0 Å². The van der Waals surface area contributed by atoms with Gasteiger partial charge in [-0.25, -0.2) is 0 Å². The smallest absolute Gasteiger partial charge is 0.248 e. The van der Waals surface area contributed by atoms with Gasteiger partial charge in [0.25, 0.3) is 0 Å². The van der Waals surface area contributed by atoms with Crippen LogP contribution in [0.15, 0.2) is 73.1 Å². The van der Waals surface area contributed by atoms with Crippen LogP contribution in [0, 0.1) is 6.92 Å². The summed E-state index contributed by atoms with van der Waals surface area (Å²) in [6, 6.07) is 17.0. The maximum atomic E-state index is 12.2. The number of hydrogen-bond acceptors (Lipinski definition) is 5. The molecule has 0 aliphatic rings. The zero-order chi connectivity index (χ0) is 21.9. The second-order valence-corrected chi connectivity index (χ2v) is 6.66. The van der Waals surface area contributed by atoms with Gasteiger partial charge in [-0.05, 0) is 61.4 Å². The highest BCUT2D eigenvalue weighted by Crippen LogP contribution is 2.29. The number of rotatable bonds is 10. The number of aromatic nitrogens is 1. The number of aryl methyl sites for hydroxylation is 1. The summed E-state index contributed by atoms with van der Waals surface area (Å²) >= 11 is 0. The number of benzene rings is 2. The van der Waals surface area contributed by atoms with E-state index in [1.165, 1.54) is 6.08 Å². The third-order valence-corrected chi connectivity index (χ3v) is 4.34. The molecule has 0 saturated heterocycles. The van der Waals surface area contributed by atoms with Crippen molar-refractivity contribution in [2.45, 2.75) is 13.8 Å². The van der Waals surface area contributed by atoms with Crippen molar-refractivity contribution in [3.63, 3.8) is 0 Å². The fourth-order valence-corrected chi connectivity index (χ4v) is 2.78. The normalized spacial score (nSPS) is 10.6. The molecule has 160 valence electrons. The minimum absolute atomic E-state index is 0.229. The van der Waals surface area contributed by atoms with Gasteiger partial charge in [0.15, 0.2) is 11.5 Å². The van der Waals surface area contributed by atoms with Crippen LogP contribution in [0.3, 0.4) is 0 Å². The van der Waals surface area contributed by atoms with Gasteiger partial charge >= 0.3 is 0 Å². The Kier molecular flexibility index (Phi) is 8.05. The molecule has 0 saturated carbocycles. The Bertz CT molecular complexity index is 1020. The minimum Gasteiger partial charge on any atom is -0.490 e. The zero-order valence-corrected chi connectivity index (χ0v) is 17.7. The Morgan fingerprint density at radius 2 is 1.81 bits per heavy atom. The van der Waals surface area contributed by atoms with Gasteiger partial charge in [0.1, 0.15) is 19.0 Å². The maximum absolute atomic E-state index is 12.2. The Balaban J connectivity index is 1.57. The van der Waals surface area contributed by atoms with Crippen LogP contribution < -0.4 is 19.5 Å². The molecule has 6 heteroatoms. The van der Waals surface area contributed by atoms with Crippen LogP contribution in [0.1, 0.15) is 18.1 Å². The average Bonchev–Trinajstić information content (AvgIpc) is 2.79. The SMILES string of the molecule is CCOc1cc(C=CC(=O)Nc2cnccc2C)ccc1OCCOc1ccccc1. The van der Waals surface area contributed by atoms with Crippen LogP contribution in [-0.4, -0.2) is 30.7 Å². The number of carbonyl (C=O) groups excluding carboxylic acids is 1. The quantitative estimate of drug-likeness (QED) is 0.375. The molecule has 1 heterocycles. The molecule has 0 aliphatic heterocycles. The zero-order valence-electron chi connectivity index (χ0n) is 17.7. The molecule has 0 fully saturated rings. The van der Waals surface area contributed by atoms with Crippen molar-refractivity contribution >= 4 is 17.7 Å². The number of anilines is 1. The second-order valence-electron chi connectivity index (χ2n) is 6.66. The lowest BCUT2D eigenvalue weighted by Crippen LogP contribution is -2.10. The average molecular weight is 418 g/mol. The van der Waals surface area contributed by atoms with Gasteiger partial charge in [-0.1, -0.05) is 24.3 Å². The standard InChI is InChI=1S/C25H26N2O4/c1-3-29-24-17-20(10-12-25(28)27-22-18-26-14-13-19(22)2)9-11-23(24)31-16-15-30-21-7-5-4-6-8-21/h4-14,17-18H,3,15-16H2,1-2H3,(H,27,28). The lowest BCUT2D eigenvalue weighted by atomic mass is 10.2. The first-order valence-electron chi connectivity index (χ1n) is 10.1. The van der Waals surface area contributed by atoms with Crippen LogP contribution in [0.4, 0.5) is 5.69 Å². The predicted molar refractivity (Wildman–Crippen MR) is 122 cm³/mol. The summed E-state index contributed by atoms with van der Waals surface area (Å²) in [6.45, 7) is 5.14. The number of pyridine rings is 1. The summed E-state index contributed by atoms with van der Waals surface area (Å²) in [4.78, 5) is 16.2. The fourth-order valence-electron chi connectivity index (χ4n) is 2.78. The summed E-state index contributed by atoms with van der Waals surface area (Å²) < 4.78 is 17.2. The van der Waals surface area contributed by atoms with Crippen molar-refractivity contribution in [1.82, 2.24) is 4.98 Å². The van der Waals surface area contributed by atoms with E-state index in [0.717, 1.165) is 16.9 Å². The Hall–Kier alpha value is -3.80. The highest BCUT2D eigenvalue weighted by molar-refractivity contribution is 6.02. The van der Waals surface area contributed by atoms with Gasteiger partial charge in [-0.2, -0.15) is 0 Å². The highest BCUT2D eigenvalue weighted by Gasteiger charge is 2.07. The number of hydrogen-bond donors (Lipinski definition) is 1. The van der Waals surface area contributed by atoms with E-state index in [9.17, 15) is 4.79 Å². The molecule has 0 radical (unpaired) electrons. The predicted octanol–water partition coefficient (Wildman–Crippen LogP) is 4.90. The van der Waals surface area contributed by atoms with E-state index in [2.05, 4.69) is 10.3 Å². The monoisotopic (exact) mass is 418 g/mol. The molecule has 3 aromatic rings. The van der Waals surface area contributed by atoms with Crippen molar-refractivity contribution in [3.8, 4) is 17.2 Å². The fraction of sp³-hybridized carbons (Fsp3) is 0.200. The lowest BCUT2D eigenvalue weighted by molar-refractivity contribution is -0.111. The maximum Gasteiger partial charge on any atom is 0.248 e. The molecule has 3 rings (SSSR count). The Morgan fingerprint density at radius 3 is 2.58 bits per heavy atom. The number of carbonyl (C=O) groups is 1. The summed E-state index contributed by atoms with van der Waals surface area (Å²) in [5.41, 5.74) is 2.47. The summed E-state index contributed by atoms with van der Waals surface area (Å²) in [7, 11) is 0. The largest absolute Gasteiger partial charge is 0.490 e. The Labute approximate surface area is 182 Å². The van der Waals surface area contributed by atoms with Crippen molar-refractivity contribution in [2.75, 3.05) is 25.1 Å². The van der Waals surface area contributed by atoms with Crippen LogP contribution in [0.2, 0.25) is 0 Å². The molecule has 0 aliphatic carbocycles. The van der Waals surface area contributed by atoms with E-state index < -0.39 is 0 Å². The summed E-state index contributed by atoms with van der Waals surface area (Å²) in [5, 5.41) is 2.82. The summed E-state index contributed by atoms with van der Waals surface area (Å²) in [6.07, 6.45) is 6.52. The van der Waals surface area contributed by atoms with Crippen molar-refractivity contribution in [1.29, 1.82) is 0 Å². The summed E-state index contributed by atoms with van der Waals surface area (Å²) in [5.74, 6) is 1.82. The molecule has 1 N–H and O–H groups in total. The van der Waals surface area contributed by atoms with E-state index in [0.29, 0.717) is 37.0 Å². The van der Waals surface area contributed by atoms with Gasteiger partial charge in [0, 0.05) is 12.3 Å². The van der Waals surface area contributed by atoms with Crippen LogP contribution in [0.5, 0.6) is 17.2 Å². The molecule has 0 atom stereocenters. The molecule has 0 bridgehead atoms. The number of para-hydroxylation sites is 1. The topological polar surface area (TPSA) is 69.7 Å². The molecule has 0 spiro atoms.